The molecule has 1 aliphatic heterocycles. The fourth-order valence-electron chi connectivity index (χ4n) is 2.53. The molecule has 4 heteroatoms. The Morgan fingerprint density at radius 2 is 2.00 bits per heavy atom. The smallest absolute Gasteiger partial charge is 0.220 e. The van der Waals surface area contributed by atoms with Crippen LogP contribution >= 0.6 is 0 Å². The predicted molar refractivity (Wildman–Crippen MR) is 73.2 cm³/mol. The van der Waals surface area contributed by atoms with Crippen LogP contribution in [0.1, 0.15) is 46.5 Å². The van der Waals surface area contributed by atoms with Gasteiger partial charge in [-0.1, -0.05) is 13.8 Å². The van der Waals surface area contributed by atoms with Crippen LogP contribution in [0.15, 0.2) is 0 Å². The number of hydrogen-bond acceptors (Lipinski definition) is 3. The van der Waals surface area contributed by atoms with E-state index < -0.39 is 0 Å². The fourth-order valence-corrected chi connectivity index (χ4v) is 2.53. The van der Waals surface area contributed by atoms with Gasteiger partial charge in [0.25, 0.3) is 0 Å². The van der Waals surface area contributed by atoms with Crippen LogP contribution in [0.25, 0.3) is 0 Å². The summed E-state index contributed by atoms with van der Waals surface area (Å²) in [5.74, 6) is 1.02. The van der Waals surface area contributed by atoms with E-state index in [1.165, 1.54) is 0 Å². The first-order valence-electron chi connectivity index (χ1n) is 7.04. The number of ether oxygens (including phenoxy) is 1. The quantitative estimate of drug-likeness (QED) is 0.760. The van der Waals surface area contributed by atoms with Gasteiger partial charge in [-0.15, -0.1) is 0 Å². The van der Waals surface area contributed by atoms with Gasteiger partial charge in [-0.05, 0) is 44.6 Å². The summed E-state index contributed by atoms with van der Waals surface area (Å²) >= 11 is 0. The average Bonchev–Trinajstić information content (AvgIpc) is 2.27. The number of hydrogen-bond donors (Lipinski definition) is 2. The van der Waals surface area contributed by atoms with E-state index in [1.807, 2.05) is 0 Å². The maximum absolute atomic E-state index is 12.1. The molecule has 106 valence electrons. The van der Waals surface area contributed by atoms with Crippen LogP contribution in [0.2, 0.25) is 0 Å². The lowest BCUT2D eigenvalue weighted by Gasteiger charge is -2.35. The molecular formula is C14H28N2O2. The van der Waals surface area contributed by atoms with E-state index in [1.54, 1.807) is 0 Å². The number of carbonyl (C=O) groups excluding carboxylic acids is 1. The van der Waals surface area contributed by atoms with E-state index >= 15 is 0 Å². The minimum absolute atomic E-state index is 0.0910. The second kappa shape index (κ2) is 7.10. The summed E-state index contributed by atoms with van der Waals surface area (Å²) in [6.45, 7) is 8.51. The first kappa shape index (κ1) is 15.4. The van der Waals surface area contributed by atoms with Gasteiger partial charge in [0.2, 0.25) is 5.91 Å². The Bertz CT molecular complexity index is 261. The molecule has 1 heterocycles. The van der Waals surface area contributed by atoms with Crippen molar-refractivity contribution in [2.75, 3.05) is 19.8 Å². The predicted octanol–water partition coefficient (Wildman–Crippen LogP) is 1.68. The molecule has 1 unspecified atom stereocenters. The van der Waals surface area contributed by atoms with Gasteiger partial charge in [0.15, 0.2) is 0 Å². The van der Waals surface area contributed by atoms with Crippen molar-refractivity contribution in [3.8, 4) is 0 Å². The molecule has 18 heavy (non-hydrogen) atoms. The molecule has 0 aromatic carbocycles. The highest BCUT2D eigenvalue weighted by Crippen LogP contribution is 2.21. The van der Waals surface area contributed by atoms with E-state index in [4.69, 9.17) is 10.5 Å². The lowest BCUT2D eigenvalue weighted by Crippen LogP contribution is -2.50. The van der Waals surface area contributed by atoms with Crippen molar-refractivity contribution in [2.24, 2.45) is 17.6 Å². The van der Waals surface area contributed by atoms with Crippen molar-refractivity contribution in [3.63, 3.8) is 0 Å². The van der Waals surface area contributed by atoms with E-state index in [-0.39, 0.29) is 11.4 Å². The topological polar surface area (TPSA) is 64.4 Å². The molecule has 0 aliphatic carbocycles. The van der Waals surface area contributed by atoms with Crippen LogP contribution in [-0.2, 0) is 9.53 Å². The maximum atomic E-state index is 12.1. The van der Waals surface area contributed by atoms with Gasteiger partial charge in [-0.25, -0.2) is 0 Å². The van der Waals surface area contributed by atoms with Crippen LogP contribution in [0.3, 0.4) is 0 Å². The third kappa shape index (κ3) is 5.36. The molecule has 1 aliphatic rings. The van der Waals surface area contributed by atoms with Crippen molar-refractivity contribution < 1.29 is 9.53 Å². The molecule has 3 N–H and O–H groups in total. The number of amides is 1. The largest absolute Gasteiger partial charge is 0.381 e. The fraction of sp³-hybridized carbons (Fsp3) is 0.929. The highest BCUT2D eigenvalue weighted by Gasteiger charge is 2.29. The molecule has 0 aromatic rings. The molecule has 0 bridgehead atoms. The Kier molecular flexibility index (Phi) is 6.09. The molecule has 1 rings (SSSR count). The third-order valence-corrected chi connectivity index (χ3v) is 3.65. The van der Waals surface area contributed by atoms with Gasteiger partial charge in [-0.3, -0.25) is 4.79 Å². The summed E-state index contributed by atoms with van der Waals surface area (Å²) < 4.78 is 5.33. The first-order chi connectivity index (χ1) is 8.45. The Morgan fingerprint density at radius 1 is 1.39 bits per heavy atom. The summed E-state index contributed by atoms with van der Waals surface area (Å²) in [4.78, 5) is 12.1. The van der Waals surface area contributed by atoms with Crippen LogP contribution in [0.4, 0.5) is 0 Å². The Labute approximate surface area is 111 Å². The van der Waals surface area contributed by atoms with E-state index in [0.717, 1.165) is 32.5 Å². The van der Waals surface area contributed by atoms with Gasteiger partial charge >= 0.3 is 0 Å². The molecule has 1 saturated heterocycles. The Hall–Kier alpha value is -0.610. The third-order valence-electron chi connectivity index (χ3n) is 3.65. The summed E-state index contributed by atoms with van der Waals surface area (Å²) in [7, 11) is 0. The highest BCUT2D eigenvalue weighted by atomic mass is 16.5. The number of nitrogens with two attached hydrogens (primary N) is 1. The minimum atomic E-state index is -0.0910. The molecule has 0 radical (unpaired) electrons. The van der Waals surface area contributed by atoms with Crippen molar-refractivity contribution in [1.82, 2.24) is 5.32 Å². The van der Waals surface area contributed by atoms with Crippen molar-refractivity contribution >= 4 is 5.91 Å². The normalized spacial score (nSPS) is 20.7. The van der Waals surface area contributed by atoms with Crippen LogP contribution in [0.5, 0.6) is 0 Å². The van der Waals surface area contributed by atoms with Crippen molar-refractivity contribution in [3.05, 3.63) is 0 Å². The highest BCUT2D eigenvalue weighted by molar-refractivity contribution is 5.77. The molecular weight excluding hydrogens is 228 g/mol. The van der Waals surface area contributed by atoms with Crippen LogP contribution < -0.4 is 11.1 Å². The van der Waals surface area contributed by atoms with Gasteiger partial charge in [0.05, 0.1) is 0 Å². The molecule has 0 aromatic heterocycles. The van der Waals surface area contributed by atoms with E-state index in [9.17, 15) is 4.79 Å². The number of carbonyl (C=O) groups is 1. The molecule has 1 fully saturated rings. The van der Waals surface area contributed by atoms with E-state index in [0.29, 0.717) is 24.8 Å². The second-order valence-corrected chi connectivity index (χ2v) is 6.16. The van der Waals surface area contributed by atoms with E-state index in [2.05, 4.69) is 26.1 Å². The first-order valence-corrected chi connectivity index (χ1v) is 7.04. The number of rotatable bonds is 6. The van der Waals surface area contributed by atoms with Gasteiger partial charge in [-0.2, -0.15) is 0 Å². The Balaban J connectivity index is 2.39. The average molecular weight is 256 g/mol. The van der Waals surface area contributed by atoms with Crippen molar-refractivity contribution in [2.45, 2.75) is 52.0 Å². The summed E-state index contributed by atoms with van der Waals surface area (Å²) in [5, 5.41) is 3.16. The zero-order chi connectivity index (χ0) is 13.6. The molecule has 0 spiro atoms. The lowest BCUT2D eigenvalue weighted by atomic mass is 9.90. The zero-order valence-corrected chi connectivity index (χ0v) is 12.0. The summed E-state index contributed by atoms with van der Waals surface area (Å²) in [6.07, 6.45) is 3.36. The molecule has 1 atom stereocenters. The number of nitrogens with one attached hydrogen (secondary N) is 1. The van der Waals surface area contributed by atoms with Crippen LogP contribution in [-0.4, -0.2) is 31.2 Å². The molecule has 0 saturated carbocycles. The van der Waals surface area contributed by atoms with Gasteiger partial charge in [0.1, 0.15) is 0 Å². The Morgan fingerprint density at radius 3 is 2.50 bits per heavy atom. The van der Waals surface area contributed by atoms with Gasteiger partial charge < -0.3 is 15.8 Å². The standard InChI is InChI=1S/C14H28N2O2/c1-11(2)8-12(10-15)9-13(17)16-14(3)4-6-18-7-5-14/h11-12H,4-10,15H2,1-3H3,(H,16,17). The molecule has 1 amide bonds. The summed E-state index contributed by atoms with van der Waals surface area (Å²) in [6, 6.07) is 0. The molecule has 4 nitrogen and oxygen atoms in total. The maximum Gasteiger partial charge on any atom is 0.220 e. The van der Waals surface area contributed by atoms with Crippen LogP contribution in [0, 0.1) is 11.8 Å². The SMILES string of the molecule is CC(C)CC(CN)CC(=O)NC1(C)CCOCC1. The summed E-state index contributed by atoms with van der Waals surface area (Å²) in [5.41, 5.74) is 5.64. The minimum Gasteiger partial charge on any atom is -0.381 e. The monoisotopic (exact) mass is 256 g/mol. The lowest BCUT2D eigenvalue weighted by molar-refractivity contribution is -0.125. The van der Waals surface area contributed by atoms with Crippen molar-refractivity contribution in [1.29, 1.82) is 0 Å². The zero-order valence-electron chi connectivity index (χ0n) is 12.0. The second-order valence-electron chi connectivity index (χ2n) is 6.16. The van der Waals surface area contributed by atoms with Gasteiger partial charge in [0, 0.05) is 25.2 Å².